The topological polar surface area (TPSA) is 106 Å². The van der Waals surface area contributed by atoms with Crippen LogP contribution in [0.25, 0.3) is 0 Å². The summed E-state index contributed by atoms with van der Waals surface area (Å²) in [6.07, 6.45) is 4.09. The molecule has 10 heteroatoms. The summed E-state index contributed by atoms with van der Waals surface area (Å²) >= 11 is 0. The highest BCUT2D eigenvalue weighted by atomic mass is 32.2. The van der Waals surface area contributed by atoms with E-state index in [2.05, 4.69) is 11.8 Å². The van der Waals surface area contributed by atoms with Crippen molar-refractivity contribution in [1.29, 1.82) is 0 Å². The Hall–Kier alpha value is -2.82. The largest absolute Gasteiger partial charge is 0.494 e. The van der Waals surface area contributed by atoms with E-state index < -0.39 is 28.0 Å². The summed E-state index contributed by atoms with van der Waals surface area (Å²) in [6, 6.07) is 12.8. The summed E-state index contributed by atoms with van der Waals surface area (Å²) < 4.78 is 44.8. The molecule has 41 heavy (non-hydrogen) atoms. The van der Waals surface area contributed by atoms with Gasteiger partial charge in [-0.15, -0.1) is 0 Å². The van der Waals surface area contributed by atoms with Crippen molar-refractivity contribution >= 4 is 16.0 Å². The Balaban J connectivity index is 1.64. The first-order chi connectivity index (χ1) is 19.8. The summed E-state index contributed by atoms with van der Waals surface area (Å²) in [7, 11) is -3.40. The minimum Gasteiger partial charge on any atom is -0.494 e. The van der Waals surface area contributed by atoms with Gasteiger partial charge in [-0.05, 0) is 54.7 Å². The van der Waals surface area contributed by atoms with Crippen LogP contribution >= 0.6 is 0 Å². The predicted molar refractivity (Wildman–Crippen MR) is 158 cm³/mol. The van der Waals surface area contributed by atoms with Gasteiger partial charge in [0, 0.05) is 38.1 Å². The smallest absolute Gasteiger partial charge is 0.309 e. The lowest BCUT2D eigenvalue weighted by atomic mass is 9.82. The Morgan fingerprint density at radius 3 is 2.39 bits per heavy atom. The Labute approximate surface area is 244 Å². The van der Waals surface area contributed by atoms with E-state index in [0.717, 1.165) is 36.1 Å². The number of carbonyl (C=O) groups is 1. The lowest BCUT2D eigenvalue weighted by Gasteiger charge is -2.30. The second-order valence-electron chi connectivity index (χ2n) is 10.9. The third-order valence-corrected chi connectivity index (χ3v) is 9.87. The molecule has 1 saturated heterocycles. The van der Waals surface area contributed by atoms with E-state index in [1.165, 1.54) is 0 Å². The van der Waals surface area contributed by atoms with Crippen molar-refractivity contribution in [1.82, 2.24) is 9.21 Å². The molecule has 2 heterocycles. The number of unbranched alkanes of at least 4 members (excludes halogenated alkanes) is 2. The maximum atomic E-state index is 13.2. The van der Waals surface area contributed by atoms with E-state index in [1.807, 2.05) is 56.3 Å². The number of aliphatic carboxylic acids is 1. The number of rotatable bonds is 16. The molecule has 1 fully saturated rings. The molecule has 2 aliphatic heterocycles. The molecular weight excluding hydrogens is 544 g/mol. The van der Waals surface area contributed by atoms with E-state index in [1.54, 1.807) is 4.31 Å². The first-order valence-electron chi connectivity index (χ1n) is 14.9. The molecule has 0 amide bonds. The third kappa shape index (κ3) is 7.53. The molecule has 2 aromatic rings. The van der Waals surface area contributed by atoms with Gasteiger partial charge in [0.1, 0.15) is 5.75 Å². The monoisotopic (exact) mass is 588 g/mol. The number of carboxylic acids is 1. The fourth-order valence-electron chi connectivity index (χ4n) is 5.86. The van der Waals surface area contributed by atoms with E-state index in [-0.39, 0.29) is 18.5 Å². The molecule has 9 nitrogen and oxygen atoms in total. The number of ether oxygens (including phenoxy) is 3. The van der Waals surface area contributed by atoms with Crippen LogP contribution in [0.3, 0.4) is 0 Å². The SMILES string of the molecule is CCCCCS(=O)(=O)N(CCC)CCN1C[C@H](c2ccc3c(c2)OCO3)[C@@H](C(=O)O)[C@@H]1c1ccc(OCCC)cc1. The number of carboxylic acid groups (broad SMARTS) is 1. The quantitative estimate of drug-likeness (QED) is 0.264. The lowest BCUT2D eigenvalue weighted by Crippen LogP contribution is -2.40. The molecule has 2 aromatic carbocycles. The van der Waals surface area contributed by atoms with Crippen molar-refractivity contribution < 1.29 is 32.5 Å². The van der Waals surface area contributed by atoms with Crippen LogP contribution < -0.4 is 14.2 Å². The number of likely N-dealkylation sites (tertiary alicyclic amines) is 1. The van der Waals surface area contributed by atoms with E-state index in [4.69, 9.17) is 14.2 Å². The van der Waals surface area contributed by atoms with Crippen molar-refractivity contribution in [3.63, 3.8) is 0 Å². The molecule has 1 N–H and O–H groups in total. The van der Waals surface area contributed by atoms with Crippen LogP contribution in [0.15, 0.2) is 42.5 Å². The van der Waals surface area contributed by atoms with Crippen molar-refractivity contribution in [2.24, 2.45) is 5.92 Å². The minimum absolute atomic E-state index is 0.140. The summed E-state index contributed by atoms with van der Waals surface area (Å²) in [6.45, 7) is 8.51. The highest BCUT2D eigenvalue weighted by molar-refractivity contribution is 7.89. The number of benzene rings is 2. The second kappa shape index (κ2) is 14.4. The van der Waals surface area contributed by atoms with Crippen LogP contribution in [0, 0.1) is 5.92 Å². The van der Waals surface area contributed by atoms with Gasteiger partial charge in [0.2, 0.25) is 16.8 Å². The lowest BCUT2D eigenvalue weighted by molar-refractivity contribution is -0.143. The molecule has 0 radical (unpaired) electrons. The summed E-state index contributed by atoms with van der Waals surface area (Å²) in [5, 5.41) is 10.6. The van der Waals surface area contributed by atoms with Crippen LogP contribution in [0.4, 0.5) is 0 Å². The Morgan fingerprint density at radius 2 is 1.71 bits per heavy atom. The van der Waals surface area contributed by atoms with E-state index >= 15 is 0 Å². The molecule has 0 aliphatic carbocycles. The molecule has 2 aliphatic rings. The van der Waals surface area contributed by atoms with Crippen LogP contribution in [0.2, 0.25) is 0 Å². The maximum absolute atomic E-state index is 13.2. The van der Waals surface area contributed by atoms with Gasteiger partial charge in [-0.1, -0.05) is 51.8 Å². The number of hydrogen-bond donors (Lipinski definition) is 1. The van der Waals surface area contributed by atoms with Crippen molar-refractivity contribution in [2.45, 2.75) is 64.8 Å². The van der Waals surface area contributed by atoms with Gasteiger partial charge in [-0.3, -0.25) is 9.69 Å². The zero-order chi connectivity index (χ0) is 29.4. The van der Waals surface area contributed by atoms with Crippen molar-refractivity contribution in [3.05, 3.63) is 53.6 Å². The molecule has 0 unspecified atom stereocenters. The summed E-state index contributed by atoms with van der Waals surface area (Å²) in [5.74, 6) is 0.212. The molecule has 0 spiro atoms. The van der Waals surface area contributed by atoms with Gasteiger partial charge in [0.25, 0.3) is 0 Å². The summed E-state index contributed by atoms with van der Waals surface area (Å²) in [4.78, 5) is 15.0. The van der Waals surface area contributed by atoms with E-state index in [0.29, 0.717) is 57.1 Å². The molecule has 0 saturated carbocycles. The van der Waals surface area contributed by atoms with E-state index in [9.17, 15) is 18.3 Å². The number of nitrogens with zero attached hydrogens (tertiary/aromatic N) is 2. The van der Waals surface area contributed by atoms with Gasteiger partial charge in [0.05, 0.1) is 18.3 Å². The highest BCUT2D eigenvalue weighted by Crippen LogP contribution is 2.47. The molecule has 0 aromatic heterocycles. The minimum atomic E-state index is -3.40. The van der Waals surface area contributed by atoms with Crippen molar-refractivity contribution in [3.8, 4) is 17.2 Å². The molecule has 0 bridgehead atoms. The standard InChI is InChI=1S/C31H44N2O7S/c1-4-7-8-19-41(36,37)33(15-5-2)17-16-32-21-26(24-11-14-27-28(20-24)40-22-39-27)29(31(34)35)30(32)23-9-12-25(13-10-23)38-18-6-3/h9-14,20,26,29-30H,4-8,15-19,21-22H2,1-3H3,(H,34,35)/t26-,29-,30+/m1/s1. The van der Waals surface area contributed by atoms with Gasteiger partial charge in [-0.2, -0.15) is 0 Å². The Kier molecular flexibility index (Phi) is 10.9. The average molecular weight is 589 g/mol. The maximum Gasteiger partial charge on any atom is 0.309 e. The molecular formula is C31H44N2O7S. The highest BCUT2D eigenvalue weighted by Gasteiger charge is 2.47. The zero-order valence-electron chi connectivity index (χ0n) is 24.5. The van der Waals surface area contributed by atoms with Gasteiger partial charge >= 0.3 is 5.97 Å². The van der Waals surface area contributed by atoms with Crippen LogP contribution in [-0.2, 0) is 14.8 Å². The zero-order valence-corrected chi connectivity index (χ0v) is 25.3. The third-order valence-electron chi connectivity index (χ3n) is 7.91. The van der Waals surface area contributed by atoms with Crippen molar-refractivity contribution in [2.75, 3.05) is 45.3 Å². The first kappa shape index (κ1) is 31.1. The fourth-order valence-corrected chi connectivity index (χ4v) is 7.51. The fraction of sp³-hybridized carbons (Fsp3) is 0.581. The van der Waals surface area contributed by atoms with Crippen LogP contribution in [-0.4, -0.2) is 74.0 Å². The predicted octanol–water partition coefficient (Wildman–Crippen LogP) is 5.28. The first-order valence-corrected chi connectivity index (χ1v) is 16.5. The number of hydrogen-bond acceptors (Lipinski definition) is 7. The number of sulfonamides is 1. The Bertz CT molecular complexity index is 1250. The molecule has 3 atom stereocenters. The normalized spacial score (nSPS) is 20.5. The molecule has 226 valence electrons. The van der Waals surface area contributed by atoms with Gasteiger partial charge < -0.3 is 19.3 Å². The van der Waals surface area contributed by atoms with Crippen LogP contribution in [0.5, 0.6) is 17.2 Å². The number of fused-ring (bicyclic) bond motifs is 1. The van der Waals surface area contributed by atoms with Gasteiger partial charge in [0.15, 0.2) is 11.5 Å². The molecule has 4 rings (SSSR count). The van der Waals surface area contributed by atoms with Crippen LogP contribution in [0.1, 0.15) is 76.0 Å². The second-order valence-corrected chi connectivity index (χ2v) is 13.0. The average Bonchev–Trinajstić information content (AvgIpc) is 3.59. The Morgan fingerprint density at radius 1 is 0.976 bits per heavy atom. The summed E-state index contributed by atoms with van der Waals surface area (Å²) in [5.41, 5.74) is 1.74. The van der Waals surface area contributed by atoms with Gasteiger partial charge in [-0.25, -0.2) is 12.7 Å².